The molecule has 1 aromatic rings. The van der Waals surface area contributed by atoms with E-state index in [1.165, 1.54) is 0 Å². The number of primary amides is 1. The summed E-state index contributed by atoms with van der Waals surface area (Å²) < 4.78 is 10.8. The Hall–Kier alpha value is -1.56. The largest absolute Gasteiger partial charge is 0.489 e. The van der Waals surface area contributed by atoms with Crippen LogP contribution in [0.3, 0.4) is 0 Å². The molecule has 5 nitrogen and oxygen atoms in total. The van der Waals surface area contributed by atoms with Crippen molar-refractivity contribution in [1.82, 2.24) is 0 Å². The third kappa shape index (κ3) is 4.90. The molecule has 0 saturated heterocycles. The van der Waals surface area contributed by atoms with Crippen molar-refractivity contribution >= 4 is 27.8 Å². The van der Waals surface area contributed by atoms with E-state index < -0.39 is 6.09 Å². The van der Waals surface area contributed by atoms with Crippen LogP contribution in [0.4, 0.5) is 4.79 Å². The fourth-order valence-electron chi connectivity index (χ4n) is 1.42. The van der Waals surface area contributed by atoms with Gasteiger partial charge in [0.05, 0.1) is 5.56 Å². The molecular weight excluding hydrogens is 314 g/mol. The molecule has 0 spiro atoms. The summed E-state index contributed by atoms with van der Waals surface area (Å²) in [6.07, 6.45) is -0.851. The van der Waals surface area contributed by atoms with Gasteiger partial charge >= 0.3 is 6.09 Å². The zero-order valence-electron chi connectivity index (χ0n) is 10.8. The molecule has 1 rings (SSSR count). The quantitative estimate of drug-likeness (QED) is 0.642. The summed E-state index contributed by atoms with van der Waals surface area (Å²) in [5.74, 6) is 0.338. The number of Topliss-reactive ketones (excluding diaryl/α,β-unsaturated/α-hetero) is 1. The highest BCUT2D eigenvalue weighted by atomic mass is 79.9. The van der Waals surface area contributed by atoms with Crippen molar-refractivity contribution in [1.29, 1.82) is 0 Å². The lowest BCUT2D eigenvalue weighted by Gasteiger charge is -2.12. The molecule has 0 saturated carbocycles. The lowest BCUT2D eigenvalue weighted by molar-refractivity contribution is 0.0931. The van der Waals surface area contributed by atoms with Crippen molar-refractivity contribution in [3.05, 3.63) is 28.2 Å². The molecule has 104 valence electrons. The van der Waals surface area contributed by atoms with Crippen LogP contribution in [0, 0.1) is 5.92 Å². The molecule has 0 unspecified atom stereocenters. The molecule has 0 aromatic heterocycles. The topological polar surface area (TPSA) is 78.6 Å². The molecule has 6 heteroatoms. The number of rotatable bonds is 6. The average molecular weight is 330 g/mol. The van der Waals surface area contributed by atoms with Gasteiger partial charge in [0, 0.05) is 10.4 Å². The maximum Gasteiger partial charge on any atom is 0.404 e. The van der Waals surface area contributed by atoms with Gasteiger partial charge in [-0.1, -0.05) is 29.8 Å². The van der Waals surface area contributed by atoms with Gasteiger partial charge in [0.15, 0.2) is 5.78 Å². The fraction of sp³-hybridized carbons (Fsp3) is 0.385. The number of amides is 1. The molecule has 0 fully saturated rings. The average Bonchev–Trinajstić information content (AvgIpc) is 2.33. The van der Waals surface area contributed by atoms with Gasteiger partial charge in [0.1, 0.15) is 19.0 Å². The van der Waals surface area contributed by atoms with Gasteiger partial charge in [0.25, 0.3) is 0 Å². The number of carbonyl (C=O) groups is 2. The van der Waals surface area contributed by atoms with Crippen LogP contribution in [0.15, 0.2) is 22.7 Å². The van der Waals surface area contributed by atoms with Gasteiger partial charge in [-0.25, -0.2) is 4.79 Å². The van der Waals surface area contributed by atoms with Crippen LogP contribution < -0.4 is 10.5 Å². The minimum atomic E-state index is -0.851. The summed E-state index contributed by atoms with van der Waals surface area (Å²) in [4.78, 5) is 22.4. The summed E-state index contributed by atoms with van der Waals surface area (Å²) in [6.45, 7) is 3.82. The zero-order valence-corrected chi connectivity index (χ0v) is 12.4. The number of ketones is 1. The van der Waals surface area contributed by atoms with Gasteiger partial charge in [-0.15, -0.1) is 0 Å². The normalized spacial score (nSPS) is 10.3. The lowest BCUT2D eigenvalue weighted by Crippen LogP contribution is -2.18. The number of ether oxygens (including phenoxy) is 2. The van der Waals surface area contributed by atoms with E-state index in [1.807, 2.05) is 13.8 Å². The van der Waals surface area contributed by atoms with Gasteiger partial charge < -0.3 is 15.2 Å². The standard InChI is InChI=1S/C13H16BrNO4/c1-8(2)12(16)10-4-3-9(14)7-11(10)18-5-6-19-13(15)17/h3-4,7-8H,5-6H2,1-2H3,(H2,15,17). The van der Waals surface area contributed by atoms with E-state index >= 15 is 0 Å². The third-order valence-corrected chi connectivity index (χ3v) is 2.81. The molecule has 0 bridgehead atoms. The summed E-state index contributed by atoms with van der Waals surface area (Å²) in [6, 6.07) is 5.19. The van der Waals surface area contributed by atoms with Gasteiger partial charge in [-0.05, 0) is 18.2 Å². The molecule has 2 N–H and O–H groups in total. The SMILES string of the molecule is CC(C)C(=O)c1ccc(Br)cc1OCCOC(N)=O. The highest BCUT2D eigenvalue weighted by molar-refractivity contribution is 9.10. The first-order valence-corrected chi connectivity index (χ1v) is 6.60. The molecule has 0 radical (unpaired) electrons. The second kappa shape index (κ2) is 7.13. The minimum absolute atomic E-state index is 0.00156. The van der Waals surface area contributed by atoms with Gasteiger partial charge in [-0.3, -0.25) is 4.79 Å². The Morgan fingerprint density at radius 2 is 2.00 bits per heavy atom. The molecule has 19 heavy (non-hydrogen) atoms. The van der Waals surface area contributed by atoms with Crippen LogP contribution in [0.25, 0.3) is 0 Å². The highest BCUT2D eigenvalue weighted by Gasteiger charge is 2.16. The number of halogens is 1. The summed E-state index contributed by atoms with van der Waals surface area (Å²) in [7, 11) is 0. The van der Waals surface area contributed by atoms with Crippen molar-refractivity contribution in [2.24, 2.45) is 11.7 Å². The number of hydrogen-bond acceptors (Lipinski definition) is 4. The smallest absolute Gasteiger partial charge is 0.404 e. The van der Waals surface area contributed by atoms with E-state index in [9.17, 15) is 9.59 Å². The molecule has 0 atom stereocenters. The van der Waals surface area contributed by atoms with Crippen LogP contribution in [0.5, 0.6) is 5.75 Å². The van der Waals surface area contributed by atoms with E-state index in [0.29, 0.717) is 11.3 Å². The van der Waals surface area contributed by atoms with Crippen LogP contribution in [0.1, 0.15) is 24.2 Å². The Bertz CT molecular complexity index is 474. The van der Waals surface area contributed by atoms with Crippen molar-refractivity contribution in [2.75, 3.05) is 13.2 Å². The summed E-state index contributed by atoms with van der Waals surface area (Å²) >= 11 is 3.32. The molecule has 0 aliphatic rings. The maximum atomic E-state index is 12.0. The zero-order chi connectivity index (χ0) is 14.4. The molecule has 0 aliphatic heterocycles. The predicted octanol–water partition coefficient (Wildman–Crippen LogP) is 2.76. The van der Waals surface area contributed by atoms with E-state index in [4.69, 9.17) is 10.5 Å². The first kappa shape index (κ1) is 15.5. The van der Waals surface area contributed by atoms with Gasteiger partial charge in [-0.2, -0.15) is 0 Å². The molecule has 1 amide bonds. The second-order valence-electron chi connectivity index (χ2n) is 4.18. The van der Waals surface area contributed by atoms with E-state index in [-0.39, 0.29) is 24.9 Å². The number of benzene rings is 1. The third-order valence-electron chi connectivity index (χ3n) is 2.32. The fourth-order valence-corrected chi connectivity index (χ4v) is 1.76. The Labute approximate surface area is 120 Å². The van der Waals surface area contributed by atoms with Crippen molar-refractivity contribution < 1.29 is 19.1 Å². The van der Waals surface area contributed by atoms with Crippen LogP contribution in [-0.2, 0) is 4.74 Å². The summed E-state index contributed by atoms with van der Waals surface area (Å²) in [5.41, 5.74) is 5.35. The van der Waals surface area contributed by atoms with Crippen LogP contribution >= 0.6 is 15.9 Å². The molecule has 0 aliphatic carbocycles. The van der Waals surface area contributed by atoms with E-state index in [1.54, 1.807) is 18.2 Å². The van der Waals surface area contributed by atoms with Crippen molar-refractivity contribution in [3.63, 3.8) is 0 Å². The molecule has 0 heterocycles. The second-order valence-corrected chi connectivity index (χ2v) is 5.09. The van der Waals surface area contributed by atoms with Crippen LogP contribution in [-0.4, -0.2) is 25.1 Å². The first-order valence-electron chi connectivity index (χ1n) is 5.80. The number of carbonyl (C=O) groups excluding carboxylic acids is 2. The van der Waals surface area contributed by atoms with E-state index in [0.717, 1.165) is 4.47 Å². The number of nitrogens with two attached hydrogens (primary N) is 1. The lowest BCUT2D eigenvalue weighted by atomic mass is 10.0. The Balaban J connectivity index is 2.77. The Kier molecular flexibility index (Phi) is 5.82. The van der Waals surface area contributed by atoms with Crippen molar-refractivity contribution in [2.45, 2.75) is 13.8 Å². The Morgan fingerprint density at radius 3 is 2.58 bits per heavy atom. The van der Waals surface area contributed by atoms with E-state index in [2.05, 4.69) is 20.7 Å². The monoisotopic (exact) mass is 329 g/mol. The minimum Gasteiger partial charge on any atom is -0.489 e. The maximum absolute atomic E-state index is 12.0. The summed E-state index contributed by atoms with van der Waals surface area (Å²) in [5, 5.41) is 0. The van der Waals surface area contributed by atoms with Crippen LogP contribution in [0.2, 0.25) is 0 Å². The van der Waals surface area contributed by atoms with Gasteiger partial charge in [0.2, 0.25) is 0 Å². The van der Waals surface area contributed by atoms with Crippen molar-refractivity contribution in [3.8, 4) is 5.75 Å². The highest BCUT2D eigenvalue weighted by Crippen LogP contribution is 2.26. The first-order chi connectivity index (χ1) is 8.91. The molecular formula is C13H16BrNO4. The number of hydrogen-bond donors (Lipinski definition) is 1. The molecule has 1 aromatic carbocycles. The Morgan fingerprint density at radius 1 is 1.32 bits per heavy atom. The predicted molar refractivity (Wildman–Crippen MR) is 74.3 cm³/mol.